The smallest absolute Gasteiger partial charge is 0.294 e. The molecule has 54 heavy (non-hydrogen) atoms. The van der Waals surface area contributed by atoms with Gasteiger partial charge in [0.1, 0.15) is 11.6 Å². The molecule has 8 aromatic rings. The summed E-state index contributed by atoms with van der Waals surface area (Å²) in [7, 11) is 0. The number of benzene rings is 5. The van der Waals surface area contributed by atoms with E-state index in [1.54, 1.807) is 81.9 Å². The van der Waals surface area contributed by atoms with E-state index in [-0.39, 0.29) is 28.8 Å². The van der Waals surface area contributed by atoms with E-state index in [0.29, 0.717) is 78.0 Å². The number of nitriles is 4. The van der Waals surface area contributed by atoms with Crippen molar-refractivity contribution in [1.82, 2.24) is 14.1 Å². The number of pyridine rings is 1. The molecule has 5 aromatic carbocycles. The second-order valence-corrected chi connectivity index (χ2v) is 12.4. The van der Waals surface area contributed by atoms with Crippen molar-refractivity contribution in [1.29, 1.82) is 21.0 Å². The molecule has 0 unspecified atom stereocenters. The molecular weight excluding hydrogens is 704 g/mol. The summed E-state index contributed by atoms with van der Waals surface area (Å²) in [6, 6.07) is 31.8. The minimum Gasteiger partial charge on any atom is -0.294 e. The topological polar surface area (TPSA) is 118 Å². The molecule has 8 rings (SSSR count). The van der Waals surface area contributed by atoms with Gasteiger partial charge in [0.25, 0.3) is 0 Å². The number of alkyl halides is 6. The van der Waals surface area contributed by atoms with Crippen LogP contribution in [0.15, 0.2) is 103 Å². The van der Waals surface area contributed by atoms with Gasteiger partial charge in [0, 0.05) is 21.5 Å². The van der Waals surface area contributed by atoms with Gasteiger partial charge in [0.05, 0.1) is 79.7 Å². The Morgan fingerprint density at radius 2 is 0.704 bits per heavy atom. The standard InChI is InChI=1S/C41H17F6N7/c42-40(43,44)28-13-26(14-29(17-28)41(45,46)47)27-15-38(53-34-5-1-22(18-48)9-30(34)31-10-23(19-49)2-6-35(31)53)52-39(16-27)54-36-7-3-24(20-50)11-32(36)33-12-25(21-51)4-8-37(33)54/h1-17H. The predicted molar refractivity (Wildman–Crippen MR) is 187 cm³/mol. The summed E-state index contributed by atoms with van der Waals surface area (Å²) in [6.45, 7) is 0. The van der Waals surface area contributed by atoms with Crippen LogP contribution in [0.4, 0.5) is 26.3 Å². The molecule has 0 bridgehead atoms. The van der Waals surface area contributed by atoms with Gasteiger partial charge in [0.15, 0.2) is 0 Å². The third kappa shape index (κ3) is 5.40. The van der Waals surface area contributed by atoms with Crippen LogP contribution in [0.25, 0.3) is 66.4 Å². The highest BCUT2D eigenvalue weighted by Crippen LogP contribution is 2.41. The zero-order valence-electron chi connectivity index (χ0n) is 27.2. The van der Waals surface area contributed by atoms with Gasteiger partial charge in [-0.3, -0.25) is 9.13 Å². The highest BCUT2D eigenvalue weighted by molar-refractivity contribution is 6.11. The summed E-state index contributed by atoms with van der Waals surface area (Å²) < 4.78 is 88.1. The molecule has 13 heteroatoms. The van der Waals surface area contributed by atoms with Crippen LogP contribution in [0, 0.1) is 45.3 Å². The summed E-state index contributed by atoms with van der Waals surface area (Å²) in [6.07, 6.45) is -10.2. The molecular formula is C41H17F6N7. The molecule has 3 aromatic heterocycles. The summed E-state index contributed by atoms with van der Waals surface area (Å²) in [5, 5.41) is 40.9. The zero-order chi connectivity index (χ0) is 38.1. The Balaban J connectivity index is 1.53. The Morgan fingerprint density at radius 1 is 0.407 bits per heavy atom. The molecule has 0 fully saturated rings. The number of fused-ring (bicyclic) bond motifs is 6. The lowest BCUT2D eigenvalue weighted by atomic mass is 9.99. The van der Waals surface area contributed by atoms with Crippen molar-refractivity contribution in [2.24, 2.45) is 0 Å². The Labute approximate surface area is 300 Å². The van der Waals surface area contributed by atoms with Gasteiger partial charge in [-0.2, -0.15) is 47.4 Å². The van der Waals surface area contributed by atoms with Crippen LogP contribution in [0.2, 0.25) is 0 Å². The molecule has 3 heterocycles. The van der Waals surface area contributed by atoms with E-state index in [9.17, 15) is 47.4 Å². The van der Waals surface area contributed by atoms with Crippen LogP contribution in [-0.4, -0.2) is 14.1 Å². The SMILES string of the molecule is N#Cc1ccc2c(c1)c1cc(C#N)ccc1n2-c1cc(-c2cc(C(F)(F)F)cc(C(F)(F)F)c2)cc(-n2c3ccc(C#N)cc3c3cc(C#N)ccc32)n1. The molecule has 0 N–H and O–H groups in total. The molecule has 0 radical (unpaired) electrons. The van der Waals surface area contributed by atoms with Gasteiger partial charge in [-0.25, -0.2) is 4.98 Å². The summed E-state index contributed by atoms with van der Waals surface area (Å²) >= 11 is 0. The normalized spacial score (nSPS) is 11.8. The van der Waals surface area contributed by atoms with Crippen LogP contribution < -0.4 is 0 Å². The van der Waals surface area contributed by atoms with Gasteiger partial charge in [-0.05, 0) is 114 Å². The van der Waals surface area contributed by atoms with Crippen molar-refractivity contribution in [3.63, 3.8) is 0 Å². The Bertz CT molecular complexity index is 2740. The maximum Gasteiger partial charge on any atom is 0.416 e. The first-order chi connectivity index (χ1) is 25.8. The van der Waals surface area contributed by atoms with E-state index in [1.807, 2.05) is 0 Å². The minimum atomic E-state index is -5.11. The van der Waals surface area contributed by atoms with E-state index in [0.717, 1.165) is 0 Å². The van der Waals surface area contributed by atoms with Crippen LogP contribution in [0.3, 0.4) is 0 Å². The average molecular weight is 722 g/mol. The number of halogens is 6. The average Bonchev–Trinajstić information content (AvgIpc) is 3.67. The fourth-order valence-electron chi connectivity index (χ4n) is 6.84. The molecule has 0 amide bonds. The summed E-state index contributed by atoms with van der Waals surface area (Å²) in [5.74, 6) is 0.195. The second-order valence-electron chi connectivity index (χ2n) is 12.4. The lowest BCUT2D eigenvalue weighted by molar-refractivity contribution is -0.143. The van der Waals surface area contributed by atoms with E-state index in [4.69, 9.17) is 4.98 Å². The molecule has 0 aliphatic carbocycles. The second kappa shape index (κ2) is 12.0. The third-order valence-electron chi connectivity index (χ3n) is 9.22. The van der Waals surface area contributed by atoms with Crippen LogP contribution in [0.5, 0.6) is 0 Å². The predicted octanol–water partition coefficient (Wildman–Crippen LogP) is 10.5. The van der Waals surface area contributed by atoms with Crippen molar-refractivity contribution in [3.05, 3.63) is 137 Å². The zero-order valence-corrected chi connectivity index (χ0v) is 27.2. The number of aromatic nitrogens is 3. The van der Waals surface area contributed by atoms with Crippen molar-refractivity contribution in [2.45, 2.75) is 12.4 Å². The maximum absolute atomic E-state index is 14.1. The van der Waals surface area contributed by atoms with Crippen LogP contribution >= 0.6 is 0 Å². The Hall–Kier alpha value is -7.61. The Kier molecular flexibility index (Phi) is 7.44. The van der Waals surface area contributed by atoms with Gasteiger partial charge >= 0.3 is 12.4 Å². The number of nitrogens with zero attached hydrogens (tertiary/aromatic N) is 7. The summed E-state index contributed by atoms with van der Waals surface area (Å²) in [4.78, 5) is 4.98. The molecule has 0 saturated carbocycles. The van der Waals surface area contributed by atoms with Crippen molar-refractivity contribution >= 4 is 43.6 Å². The van der Waals surface area contributed by atoms with Crippen LogP contribution in [0.1, 0.15) is 33.4 Å². The number of rotatable bonds is 3. The minimum absolute atomic E-state index is 0.0406. The molecule has 0 aliphatic rings. The molecule has 0 spiro atoms. The molecule has 0 saturated heterocycles. The first kappa shape index (κ1) is 33.5. The molecule has 0 atom stereocenters. The number of hydrogen-bond donors (Lipinski definition) is 0. The maximum atomic E-state index is 14.1. The Morgan fingerprint density at radius 3 is 0.981 bits per heavy atom. The highest BCUT2D eigenvalue weighted by Gasteiger charge is 2.37. The molecule has 0 aliphatic heterocycles. The van der Waals surface area contributed by atoms with E-state index in [2.05, 4.69) is 24.3 Å². The van der Waals surface area contributed by atoms with E-state index in [1.165, 1.54) is 12.1 Å². The van der Waals surface area contributed by atoms with Crippen molar-refractivity contribution < 1.29 is 26.3 Å². The fourth-order valence-corrected chi connectivity index (χ4v) is 6.84. The highest BCUT2D eigenvalue weighted by atomic mass is 19.4. The third-order valence-corrected chi connectivity index (χ3v) is 9.22. The van der Waals surface area contributed by atoms with Crippen molar-refractivity contribution in [3.8, 4) is 47.0 Å². The van der Waals surface area contributed by atoms with Crippen LogP contribution in [-0.2, 0) is 12.4 Å². The lowest BCUT2D eigenvalue weighted by Gasteiger charge is -2.17. The largest absolute Gasteiger partial charge is 0.416 e. The fraction of sp³-hybridized carbons (Fsp3) is 0.0488. The summed E-state index contributed by atoms with van der Waals surface area (Å²) in [5.41, 5.74) is -0.192. The monoisotopic (exact) mass is 721 g/mol. The molecule has 7 nitrogen and oxygen atoms in total. The van der Waals surface area contributed by atoms with Gasteiger partial charge in [-0.15, -0.1) is 0 Å². The van der Waals surface area contributed by atoms with E-state index >= 15 is 0 Å². The molecule has 258 valence electrons. The van der Waals surface area contributed by atoms with E-state index < -0.39 is 23.5 Å². The first-order valence-electron chi connectivity index (χ1n) is 15.9. The number of hydrogen-bond acceptors (Lipinski definition) is 5. The van der Waals surface area contributed by atoms with Gasteiger partial charge < -0.3 is 0 Å². The van der Waals surface area contributed by atoms with Crippen molar-refractivity contribution in [2.75, 3.05) is 0 Å². The van der Waals surface area contributed by atoms with Gasteiger partial charge in [-0.1, -0.05) is 0 Å². The lowest BCUT2D eigenvalue weighted by Crippen LogP contribution is -2.11. The quantitative estimate of drug-likeness (QED) is 0.168. The van der Waals surface area contributed by atoms with Gasteiger partial charge in [0.2, 0.25) is 0 Å². The first-order valence-corrected chi connectivity index (χ1v) is 15.9.